The third kappa shape index (κ3) is 6.54. The molecule has 0 N–H and O–H groups in total. The third-order valence-electron chi connectivity index (χ3n) is 14.8. The highest BCUT2D eigenvalue weighted by Gasteiger charge is 2.33. The number of benzene rings is 12. The van der Waals surface area contributed by atoms with Crippen molar-refractivity contribution in [2.45, 2.75) is 32.3 Å². The molecule has 12 aromatic carbocycles. The molecule has 4 heteroatoms. The van der Waals surface area contributed by atoms with E-state index < -0.39 is 16.3 Å². The lowest BCUT2D eigenvalue weighted by molar-refractivity contribution is 0.603. The minimum atomic E-state index is -1.16. The van der Waals surface area contributed by atoms with Gasteiger partial charge in [-0.1, -0.05) is 188 Å². The Morgan fingerprint density at radius 1 is 0.304 bits per heavy atom. The van der Waals surface area contributed by atoms with Gasteiger partial charge in [0, 0.05) is 40.5 Å². The maximum absolute atomic E-state index is 7.87. The molecular weight excluding hydrogens is 875 g/mol. The summed E-state index contributed by atoms with van der Waals surface area (Å²) < 4.78 is 15.7. The van der Waals surface area contributed by atoms with Gasteiger partial charge in [0.1, 0.15) is 19.6 Å². The second-order valence-electron chi connectivity index (χ2n) is 18.9. The second-order valence-corrected chi connectivity index (χ2v) is 22.4. The average molecular weight is 921 g/mol. The number of hydrogen-bond acceptors (Lipinski definition) is 2. The van der Waals surface area contributed by atoms with Crippen molar-refractivity contribution in [3.63, 3.8) is 0 Å². The van der Waals surface area contributed by atoms with Crippen LogP contribution in [0.15, 0.2) is 206 Å². The van der Waals surface area contributed by atoms with Crippen LogP contribution >= 0.6 is 16.3 Å². The monoisotopic (exact) mass is 920 g/mol. The first kappa shape index (κ1) is 40.7. The van der Waals surface area contributed by atoms with E-state index in [1.807, 2.05) is 0 Å². The van der Waals surface area contributed by atoms with E-state index >= 15 is 0 Å². The van der Waals surface area contributed by atoms with E-state index in [-0.39, 0.29) is 0 Å². The van der Waals surface area contributed by atoms with Crippen molar-refractivity contribution in [3.8, 4) is 44.9 Å². The Balaban J connectivity index is 0.976. The van der Waals surface area contributed by atoms with Gasteiger partial charge in [0.25, 0.3) is 0 Å². The predicted molar refractivity (Wildman–Crippen MR) is 296 cm³/mol. The zero-order chi connectivity index (χ0) is 45.7. The van der Waals surface area contributed by atoms with Crippen LogP contribution in [-0.4, -0.2) is 0 Å². The molecule has 1 atom stereocenters. The summed E-state index contributed by atoms with van der Waals surface area (Å²) >= 11 is 0. The number of rotatable bonds is 5. The lowest BCUT2D eigenvalue weighted by Gasteiger charge is -2.32. The van der Waals surface area contributed by atoms with Crippen LogP contribution in [-0.2, 0) is 18.5 Å². The van der Waals surface area contributed by atoms with Gasteiger partial charge in [-0.25, -0.2) is 0 Å². The minimum Gasteiger partial charge on any atom is -0.472 e. The molecule has 0 unspecified atom stereocenters. The number of fused-ring (bicyclic) bond motifs is 16. The molecule has 0 spiro atoms. The first-order valence-corrected chi connectivity index (χ1v) is 27.1. The Morgan fingerprint density at radius 3 is 1.09 bits per heavy atom. The fraction of sp³-hybridized carbons (Fsp3) is 0.0769. The molecule has 2 aliphatic heterocycles. The van der Waals surface area contributed by atoms with Crippen molar-refractivity contribution in [2.75, 3.05) is 0 Å². The first-order valence-electron chi connectivity index (χ1n) is 24.0. The Kier molecular flexibility index (Phi) is 9.52. The Morgan fingerprint density at radius 2 is 0.638 bits per heavy atom. The molecule has 2 heterocycles. The minimum absolute atomic E-state index is 0.817. The van der Waals surface area contributed by atoms with E-state index in [4.69, 9.17) is 9.05 Å². The highest BCUT2D eigenvalue weighted by molar-refractivity contribution is 7.61. The van der Waals surface area contributed by atoms with E-state index in [0.29, 0.717) is 0 Å². The van der Waals surface area contributed by atoms with Gasteiger partial charge >= 0.3 is 0 Å². The molecule has 12 aromatic rings. The van der Waals surface area contributed by atoms with Crippen molar-refractivity contribution >= 4 is 86.2 Å². The molecule has 0 aromatic heterocycles. The number of aryl methyl sites for hydroxylation is 2. The van der Waals surface area contributed by atoms with E-state index in [9.17, 15) is 0 Å². The van der Waals surface area contributed by atoms with Crippen molar-refractivity contribution < 1.29 is 9.05 Å². The summed E-state index contributed by atoms with van der Waals surface area (Å²) in [5.41, 5.74) is 13.8. The number of hydrogen-bond donors (Lipinski definition) is 0. The lowest BCUT2D eigenvalue weighted by Crippen LogP contribution is -2.17. The van der Waals surface area contributed by atoms with Gasteiger partial charge in [-0.3, -0.25) is 0 Å². The standard InChI is InChI=1S/C65H46O2P2/c1-40-35-46-19-7-13-25-55(46)62(64(40)66-68-37-48-30-27-42-15-3-9-21-51(42)58(48)59-49(38-68)31-28-43-16-4-10-22-52(43)59)63-56-26-14-8-20-47(56)36-41(2)65(63)67-69-39-50-32-29-44-17-5-11-23-53(44)60(50)61-54-24-12-6-18-45(54)33-34-57(61)69/h3-36H,37-39H2,1-2H3/t69-/m1/s1. The van der Waals surface area contributed by atoms with Crippen molar-refractivity contribution in [1.29, 1.82) is 0 Å². The highest BCUT2D eigenvalue weighted by atomic mass is 31.1. The fourth-order valence-corrected chi connectivity index (χ4v) is 15.8. The van der Waals surface area contributed by atoms with Crippen LogP contribution in [0.3, 0.4) is 0 Å². The van der Waals surface area contributed by atoms with Crippen LogP contribution in [0.1, 0.15) is 27.8 Å². The van der Waals surface area contributed by atoms with Crippen molar-refractivity contribution in [2.24, 2.45) is 0 Å². The summed E-state index contributed by atoms with van der Waals surface area (Å²) in [5, 5.41) is 16.2. The maximum atomic E-state index is 7.87. The molecule has 2 nitrogen and oxygen atoms in total. The largest absolute Gasteiger partial charge is 0.472 e. The average Bonchev–Trinajstić information content (AvgIpc) is 3.56. The zero-order valence-corrected chi connectivity index (χ0v) is 40.3. The molecule has 69 heavy (non-hydrogen) atoms. The molecule has 0 saturated carbocycles. The SMILES string of the molecule is Cc1cc2ccccc2c(-c2c(O[P@]3Cc4ccc5ccccc5c4-c4c3ccc3ccccc43)c(C)cc3ccccc23)c1OP1Cc2ccc3ccccc3c2-c2c(ccc3ccccc23)C1. The quantitative estimate of drug-likeness (QED) is 0.160. The summed E-state index contributed by atoms with van der Waals surface area (Å²) in [6.07, 6.45) is 2.50. The normalized spacial score (nSPS) is 14.4. The van der Waals surface area contributed by atoms with Crippen LogP contribution in [0.4, 0.5) is 0 Å². The van der Waals surface area contributed by atoms with Gasteiger partial charge in [-0.05, 0) is 141 Å². The van der Waals surface area contributed by atoms with E-state index in [1.165, 1.54) is 103 Å². The van der Waals surface area contributed by atoms with Gasteiger partial charge in [0.05, 0.1) is 8.15 Å². The molecule has 0 radical (unpaired) electrons. The second kappa shape index (κ2) is 16.1. The summed E-state index contributed by atoms with van der Waals surface area (Å²) in [4.78, 5) is 0. The predicted octanol–water partition coefficient (Wildman–Crippen LogP) is 18.3. The molecule has 0 fully saturated rings. The molecule has 0 bridgehead atoms. The van der Waals surface area contributed by atoms with Crippen LogP contribution in [0, 0.1) is 13.8 Å². The highest BCUT2D eigenvalue weighted by Crippen LogP contribution is 2.60. The zero-order valence-electron chi connectivity index (χ0n) is 38.5. The smallest absolute Gasteiger partial charge is 0.135 e. The van der Waals surface area contributed by atoms with Gasteiger partial charge in [-0.2, -0.15) is 0 Å². The lowest BCUT2D eigenvalue weighted by atomic mass is 9.88. The van der Waals surface area contributed by atoms with Crippen molar-refractivity contribution in [3.05, 3.63) is 234 Å². The summed E-state index contributed by atoms with van der Waals surface area (Å²) in [5.74, 6) is 1.89. The molecule has 14 rings (SSSR count). The molecule has 0 amide bonds. The summed E-state index contributed by atoms with van der Waals surface area (Å²) in [6.45, 7) is 4.48. The van der Waals surface area contributed by atoms with E-state index in [1.54, 1.807) is 0 Å². The third-order valence-corrected chi connectivity index (χ3v) is 18.5. The summed E-state index contributed by atoms with van der Waals surface area (Å²) in [7, 11) is -2.21. The summed E-state index contributed by atoms with van der Waals surface area (Å²) in [6, 6.07) is 76.6. The molecular formula is C65H46O2P2. The van der Waals surface area contributed by atoms with Crippen LogP contribution in [0.5, 0.6) is 11.5 Å². The Labute approximate surface area is 404 Å². The van der Waals surface area contributed by atoms with Crippen LogP contribution in [0.2, 0.25) is 0 Å². The topological polar surface area (TPSA) is 18.5 Å². The Bertz CT molecular complexity index is 4030. The van der Waals surface area contributed by atoms with Crippen molar-refractivity contribution in [1.82, 2.24) is 0 Å². The molecule has 2 aliphatic rings. The van der Waals surface area contributed by atoms with Crippen LogP contribution < -0.4 is 14.4 Å². The first-order chi connectivity index (χ1) is 34.0. The van der Waals surface area contributed by atoms with Gasteiger partial charge in [-0.15, -0.1) is 0 Å². The van der Waals surface area contributed by atoms with Gasteiger partial charge < -0.3 is 9.05 Å². The van der Waals surface area contributed by atoms with E-state index in [0.717, 1.165) is 57.6 Å². The Hall–Kier alpha value is -7.34. The molecule has 0 aliphatic carbocycles. The maximum Gasteiger partial charge on any atom is 0.135 e. The van der Waals surface area contributed by atoms with Gasteiger partial charge in [0.2, 0.25) is 0 Å². The van der Waals surface area contributed by atoms with Crippen LogP contribution in [0.25, 0.3) is 98.0 Å². The van der Waals surface area contributed by atoms with E-state index in [2.05, 4.69) is 220 Å². The van der Waals surface area contributed by atoms with Gasteiger partial charge in [0.15, 0.2) is 0 Å². The fourth-order valence-electron chi connectivity index (χ4n) is 11.7. The molecule has 328 valence electrons. The molecule has 0 saturated heterocycles.